The number of hydrogen-bond donors (Lipinski definition) is 2. The lowest BCUT2D eigenvalue weighted by atomic mass is 10.2. The normalized spacial score (nSPS) is 10.6. The van der Waals surface area contributed by atoms with Crippen molar-refractivity contribution in [1.29, 1.82) is 0 Å². The van der Waals surface area contributed by atoms with Gasteiger partial charge in [0.15, 0.2) is 10.9 Å². The quantitative estimate of drug-likeness (QED) is 0.646. The summed E-state index contributed by atoms with van der Waals surface area (Å²) < 4.78 is 5.25. The molecule has 2 N–H and O–H groups in total. The number of pyridine rings is 1. The molecule has 0 unspecified atom stereocenters. The minimum Gasteiger partial charge on any atom is -0.359 e. The van der Waals surface area contributed by atoms with Gasteiger partial charge >= 0.3 is 0 Å². The zero-order chi connectivity index (χ0) is 15.9. The predicted octanol–water partition coefficient (Wildman–Crippen LogP) is 2.31. The molecule has 118 valence electrons. The van der Waals surface area contributed by atoms with Gasteiger partial charge in [0.1, 0.15) is 5.69 Å². The van der Waals surface area contributed by atoms with Crippen molar-refractivity contribution in [3.05, 3.63) is 47.8 Å². The monoisotopic (exact) mass is 329 g/mol. The highest BCUT2D eigenvalue weighted by Crippen LogP contribution is 2.15. The molecule has 0 saturated carbocycles. The second-order valence-electron chi connectivity index (χ2n) is 4.71. The second-order valence-corrected chi connectivity index (χ2v) is 5.60. The maximum atomic E-state index is 11.7. The summed E-state index contributed by atoms with van der Waals surface area (Å²) in [6, 6.07) is 7.46. The van der Waals surface area contributed by atoms with Crippen LogP contribution in [0.1, 0.15) is 12.2 Å². The van der Waals surface area contributed by atoms with Crippen molar-refractivity contribution in [2.24, 2.45) is 0 Å². The average molecular weight is 329 g/mol. The Bertz CT molecular complexity index is 742. The van der Waals surface area contributed by atoms with Gasteiger partial charge in [-0.3, -0.25) is 9.78 Å². The molecule has 0 aliphatic heterocycles. The number of anilines is 1. The van der Waals surface area contributed by atoms with E-state index in [-0.39, 0.29) is 5.91 Å². The first kappa shape index (κ1) is 15.3. The van der Waals surface area contributed by atoms with Crippen LogP contribution in [0.4, 0.5) is 5.13 Å². The van der Waals surface area contributed by atoms with Crippen molar-refractivity contribution < 1.29 is 9.32 Å². The first-order valence-electron chi connectivity index (χ1n) is 7.08. The van der Waals surface area contributed by atoms with Crippen LogP contribution in [0.3, 0.4) is 0 Å². The van der Waals surface area contributed by atoms with Crippen LogP contribution in [-0.2, 0) is 11.3 Å². The first-order valence-corrected chi connectivity index (χ1v) is 7.96. The molecule has 3 aromatic rings. The fourth-order valence-corrected chi connectivity index (χ4v) is 2.46. The number of carbonyl (C=O) groups is 1. The Labute approximate surface area is 136 Å². The van der Waals surface area contributed by atoms with Gasteiger partial charge in [-0.2, -0.15) is 0 Å². The van der Waals surface area contributed by atoms with E-state index in [0.717, 1.165) is 5.69 Å². The van der Waals surface area contributed by atoms with Gasteiger partial charge in [-0.25, -0.2) is 4.98 Å². The third-order valence-corrected chi connectivity index (χ3v) is 3.68. The Kier molecular flexibility index (Phi) is 5.07. The maximum absolute atomic E-state index is 11.7. The second kappa shape index (κ2) is 7.61. The van der Waals surface area contributed by atoms with Crippen molar-refractivity contribution >= 4 is 22.4 Å². The van der Waals surface area contributed by atoms with Crippen LogP contribution in [0.15, 0.2) is 46.6 Å². The summed E-state index contributed by atoms with van der Waals surface area (Å²) in [5.74, 6) is 0.630. The van der Waals surface area contributed by atoms with Crippen LogP contribution >= 0.6 is 11.3 Å². The summed E-state index contributed by atoms with van der Waals surface area (Å²) in [6.07, 6.45) is 3.73. The molecule has 1 amide bonds. The third kappa shape index (κ3) is 4.44. The van der Waals surface area contributed by atoms with Crippen molar-refractivity contribution in [2.45, 2.75) is 13.0 Å². The number of nitrogens with zero attached hydrogens (tertiary/aromatic N) is 3. The standard InChI is InChI=1S/C15H15N5O2S/c21-14(19-15-18-7-8-23-15)4-6-16-10-11-9-13(20-22-11)12-3-1-2-5-17-12/h1-3,5,7-9,16H,4,6,10H2,(H,18,19,21). The molecule has 0 aliphatic carbocycles. The van der Waals surface area contributed by atoms with Crippen LogP contribution in [0.25, 0.3) is 11.4 Å². The molecule has 3 rings (SSSR count). The largest absolute Gasteiger partial charge is 0.359 e. The Morgan fingerprint density at radius 1 is 1.22 bits per heavy atom. The number of aromatic nitrogens is 3. The number of amides is 1. The minimum absolute atomic E-state index is 0.0702. The molecule has 3 heterocycles. The van der Waals surface area contributed by atoms with Crippen molar-refractivity contribution in [1.82, 2.24) is 20.4 Å². The zero-order valence-corrected chi connectivity index (χ0v) is 13.0. The number of thiazole rings is 1. The molecule has 3 aromatic heterocycles. The first-order chi connectivity index (χ1) is 11.3. The molecular formula is C15H15N5O2S. The minimum atomic E-state index is -0.0702. The summed E-state index contributed by atoms with van der Waals surface area (Å²) in [6.45, 7) is 1.04. The van der Waals surface area contributed by atoms with E-state index in [2.05, 4.69) is 25.8 Å². The molecule has 7 nitrogen and oxygen atoms in total. The lowest BCUT2D eigenvalue weighted by Gasteiger charge is -2.02. The summed E-state index contributed by atoms with van der Waals surface area (Å²) in [4.78, 5) is 19.9. The molecule has 0 saturated heterocycles. The third-order valence-electron chi connectivity index (χ3n) is 2.99. The van der Waals surface area contributed by atoms with E-state index in [1.807, 2.05) is 29.6 Å². The van der Waals surface area contributed by atoms with Crippen LogP contribution in [0.5, 0.6) is 0 Å². The van der Waals surface area contributed by atoms with E-state index in [0.29, 0.717) is 36.1 Å². The molecule has 0 aliphatic rings. The summed E-state index contributed by atoms with van der Waals surface area (Å²) in [5.41, 5.74) is 1.47. The summed E-state index contributed by atoms with van der Waals surface area (Å²) in [7, 11) is 0. The Morgan fingerprint density at radius 2 is 2.17 bits per heavy atom. The highest BCUT2D eigenvalue weighted by Gasteiger charge is 2.08. The Morgan fingerprint density at radius 3 is 2.96 bits per heavy atom. The molecular weight excluding hydrogens is 314 g/mol. The molecule has 0 fully saturated rings. The van der Waals surface area contributed by atoms with Crippen LogP contribution in [0, 0.1) is 0 Å². The highest BCUT2D eigenvalue weighted by molar-refractivity contribution is 7.13. The molecule has 0 aromatic carbocycles. The van der Waals surface area contributed by atoms with Crippen LogP contribution in [0.2, 0.25) is 0 Å². The van der Waals surface area contributed by atoms with Gasteiger partial charge in [-0.1, -0.05) is 11.2 Å². The van der Waals surface area contributed by atoms with E-state index in [1.165, 1.54) is 11.3 Å². The van der Waals surface area contributed by atoms with Gasteiger partial charge in [0.05, 0.1) is 12.2 Å². The Hall–Kier alpha value is -2.58. The predicted molar refractivity (Wildman–Crippen MR) is 86.8 cm³/mol. The average Bonchev–Trinajstić information content (AvgIpc) is 3.24. The van der Waals surface area contributed by atoms with E-state index < -0.39 is 0 Å². The van der Waals surface area contributed by atoms with E-state index in [9.17, 15) is 4.79 Å². The summed E-state index contributed by atoms with van der Waals surface area (Å²) in [5, 5.41) is 12.3. The fourth-order valence-electron chi connectivity index (χ4n) is 1.91. The number of rotatable bonds is 7. The van der Waals surface area contributed by atoms with E-state index in [4.69, 9.17) is 4.52 Å². The number of nitrogens with one attached hydrogen (secondary N) is 2. The van der Waals surface area contributed by atoms with Gasteiger partial charge in [-0.05, 0) is 12.1 Å². The van der Waals surface area contributed by atoms with Gasteiger partial charge in [0, 0.05) is 36.8 Å². The van der Waals surface area contributed by atoms with Crippen molar-refractivity contribution in [3.8, 4) is 11.4 Å². The molecule has 8 heteroatoms. The zero-order valence-electron chi connectivity index (χ0n) is 12.2. The molecule has 0 atom stereocenters. The Balaban J connectivity index is 1.41. The summed E-state index contributed by atoms with van der Waals surface area (Å²) >= 11 is 1.40. The highest BCUT2D eigenvalue weighted by atomic mass is 32.1. The van der Waals surface area contributed by atoms with Crippen LogP contribution < -0.4 is 10.6 Å². The van der Waals surface area contributed by atoms with Gasteiger partial charge in [0.25, 0.3) is 0 Å². The van der Waals surface area contributed by atoms with Gasteiger partial charge < -0.3 is 15.2 Å². The maximum Gasteiger partial charge on any atom is 0.227 e. The van der Waals surface area contributed by atoms with E-state index in [1.54, 1.807) is 12.4 Å². The smallest absolute Gasteiger partial charge is 0.227 e. The fraction of sp³-hybridized carbons (Fsp3) is 0.200. The lowest BCUT2D eigenvalue weighted by Crippen LogP contribution is -2.21. The van der Waals surface area contributed by atoms with Crippen LogP contribution in [-0.4, -0.2) is 27.6 Å². The molecule has 0 radical (unpaired) electrons. The van der Waals surface area contributed by atoms with E-state index >= 15 is 0 Å². The lowest BCUT2D eigenvalue weighted by molar-refractivity contribution is -0.116. The van der Waals surface area contributed by atoms with Crippen molar-refractivity contribution in [2.75, 3.05) is 11.9 Å². The molecule has 0 bridgehead atoms. The molecule has 23 heavy (non-hydrogen) atoms. The van der Waals surface area contributed by atoms with Gasteiger partial charge in [-0.15, -0.1) is 11.3 Å². The van der Waals surface area contributed by atoms with Gasteiger partial charge in [0.2, 0.25) is 5.91 Å². The van der Waals surface area contributed by atoms with Crippen molar-refractivity contribution in [3.63, 3.8) is 0 Å². The SMILES string of the molecule is O=C(CCNCc1cc(-c2ccccn2)no1)Nc1nccs1. The number of carbonyl (C=O) groups excluding carboxylic acids is 1. The molecule has 0 spiro atoms. The topological polar surface area (TPSA) is 92.9 Å². The number of hydrogen-bond acceptors (Lipinski definition) is 7.